The smallest absolute Gasteiger partial charge is 0.0612 e. The van der Waals surface area contributed by atoms with Crippen LogP contribution in [0.4, 0.5) is 0 Å². The number of nitrogens with one attached hydrogen (secondary N) is 1. The van der Waals surface area contributed by atoms with Gasteiger partial charge in [-0.3, -0.25) is 4.99 Å². The summed E-state index contributed by atoms with van der Waals surface area (Å²) in [7, 11) is 0. The van der Waals surface area contributed by atoms with Crippen molar-refractivity contribution in [3.05, 3.63) is 11.6 Å². The minimum Gasteiger partial charge on any atom is -0.316 e. The Morgan fingerprint density at radius 3 is 3.33 bits per heavy atom. The first kappa shape index (κ1) is 7.99. The number of aliphatic imine (C=N–C) groups is 1. The van der Waals surface area contributed by atoms with Crippen molar-refractivity contribution in [2.24, 2.45) is 10.4 Å². The molecule has 2 unspecified atom stereocenters. The van der Waals surface area contributed by atoms with E-state index >= 15 is 0 Å². The van der Waals surface area contributed by atoms with Crippen molar-refractivity contribution < 1.29 is 0 Å². The maximum atomic E-state index is 4.57. The van der Waals surface area contributed by atoms with Gasteiger partial charge < -0.3 is 5.32 Å². The average Bonchev–Trinajstić information content (AvgIpc) is 2.02. The summed E-state index contributed by atoms with van der Waals surface area (Å²) in [6.45, 7) is 6.61. The summed E-state index contributed by atoms with van der Waals surface area (Å²) in [4.78, 5) is 4.57. The molecule has 2 rings (SSSR count). The van der Waals surface area contributed by atoms with E-state index in [0.717, 1.165) is 13.1 Å². The van der Waals surface area contributed by atoms with Crippen LogP contribution >= 0.6 is 0 Å². The van der Waals surface area contributed by atoms with E-state index in [-0.39, 0.29) is 5.41 Å². The molecule has 0 radical (unpaired) electrons. The highest BCUT2D eigenvalue weighted by molar-refractivity contribution is 5.79. The van der Waals surface area contributed by atoms with Crippen molar-refractivity contribution in [3.8, 4) is 0 Å². The minimum atomic E-state index is 0.275. The van der Waals surface area contributed by atoms with Crippen LogP contribution in [0.1, 0.15) is 20.3 Å². The van der Waals surface area contributed by atoms with Crippen LogP contribution in [0.5, 0.6) is 0 Å². The fourth-order valence-electron chi connectivity index (χ4n) is 2.20. The van der Waals surface area contributed by atoms with E-state index in [1.165, 1.54) is 12.0 Å². The molecule has 0 amide bonds. The molecule has 12 heavy (non-hydrogen) atoms. The molecule has 0 bridgehead atoms. The molecule has 66 valence electrons. The molecule has 0 aliphatic carbocycles. The summed E-state index contributed by atoms with van der Waals surface area (Å²) in [5.41, 5.74) is 1.58. The summed E-state index contributed by atoms with van der Waals surface area (Å²) >= 11 is 0. The molecule has 2 heteroatoms. The van der Waals surface area contributed by atoms with Crippen LogP contribution in [-0.2, 0) is 0 Å². The van der Waals surface area contributed by atoms with E-state index in [0.29, 0.717) is 6.04 Å². The van der Waals surface area contributed by atoms with Gasteiger partial charge in [0.25, 0.3) is 0 Å². The SMILES string of the molecule is CC1=CC2(C)CNCCC2N=C1. The topological polar surface area (TPSA) is 24.4 Å². The van der Waals surface area contributed by atoms with Gasteiger partial charge in [0.05, 0.1) is 6.04 Å². The van der Waals surface area contributed by atoms with E-state index in [9.17, 15) is 0 Å². The zero-order chi connectivity index (χ0) is 8.60. The van der Waals surface area contributed by atoms with Crippen LogP contribution in [0.2, 0.25) is 0 Å². The van der Waals surface area contributed by atoms with Gasteiger partial charge in [0.1, 0.15) is 0 Å². The van der Waals surface area contributed by atoms with Crippen LogP contribution in [0.15, 0.2) is 16.6 Å². The average molecular weight is 164 g/mol. The lowest BCUT2D eigenvalue weighted by Crippen LogP contribution is -2.47. The van der Waals surface area contributed by atoms with Gasteiger partial charge >= 0.3 is 0 Å². The van der Waals surface area contributed by atoms with Crippen molar-refractivity contribution in [3.63, 3.8) is 0 Å². The molecular formula is C10H16N2. The van der Waals surface area contributed by atoms with Crippen LogP contribution in [0.25, 0.3) is 0 Å². The number of hydrogen-bond acceptors (Lipinski definition) is 2. The van der Waals surface area contributed by atoms with Crippen LogP contribution in [0.3, 0.4) is 0 Å². The summed E-state index contributed by atoms with van der Waals surface area (Å²) in [5.74, 6) is 0. The van der Waals surface area contributed by atoms with Gasteiger partial charge in [-0.1, -0.05) is 13.0 Å². The summed E-state index contributed by atoms with van der Waals surface area (Å²) in [6, 6.07) is 0.516. The van der Waals surface area contributed by atoms with Gasteiger partial charge in [-0.2, -0.15) is 0 Å². The van der Waals surface area contributed by atoms with Crippen molar-refractivity contribution in [2.75, 3.05) is 13.1 Å². The standard InChI is InChI=1S/C10H16N2/c1-8-5-10(2)7-11-4-3-9(10)12-6-8/h5-6,9,11H,3-4,7H2,1-2H3. The van der Waals surface area contributed by atoms with Gasteiger partial charge in [0.2, 0.25) is 0 Å². The Morgan fingerprint density at radius 2 is 2.50 bits per heavy atom. The molecule has 2 aliphatic heterocycles. The van der Waals surface area contributed by atoms with E-state index in [4.69, 9.17) is 0 Å². The monoisotopic (exact) mass is 164 g/mol. The van der Waals surface area contributed by atoms with Crippen molar-refractivity contribution in [1.82, 2.24) is 5.32 Å². The van der Waals surface area contributed by atoms with Gasteiger partial charge in [0, 0.05) is 18.2 Å². The third-order valence-electron chi connectivity index (χ3n) is 2.88. The predicted octanol–water partition coefficient (Wildman–Crippen LogP) is 1.39. The highest BCUT2D eigenvalue weighted by Crippen LogP contribution is 2.33. The van der Waals surface area contributed by atoms with Gasteiger partial charge in [-0.15, -0.1) is 0 Å². The summed E-state index contributed by atoms with van der Waals surface area (Å²) in [6.07, 6.45) is 5.55. The number of rotatable bonds is 0. The Kier molecular flexibility index (Phi) is 1.80. The quantitative estimate of drug-likeness (QED) is 0.575. The van der Waals surface area contributed by atoms with Crippen LogP contribution in [0, 0.1) is 5.41 Å². The molecule has 1 N–H and O–H groups in total. The number of allylic oxidation sites excluding steroid dienone is 1. The predicted molar refractivity (Wildman–Crippen MR) is 51.6 cm³/mol. The highest BCUT2D eigenvalue weighted by atomic mass is 15.0. The van der Waals surface area contributed by atoms with E-state index < -0.39 is 0 Å². The fourth-order valence-corrected chi connectivity index (χ4v) is 2.20. The van der Waals surface area contributed by atoms with Crippen molar-refractivity contribution >= 4 is 6.21 Å². The van der Waals surface area contributed by atoms with Gasteiger partial charge in [-0.25, -0.2) is 0 Å². The molecule has 0 spiro atoms. The Balaban J connectivity index is 2.26. The third kappa shape index (κ3) is 1.20. The molecule has 1 fully saturated rings. The first-order chi connectivity index (χ1) is 5.71. The minimum absolute atomic E-state index is 0.275. The zero-order valence-corrected chi connectivity index (χ0v) is 7.80. The number of nitrogens with zero attached hydrogens (tertiary/aromatic N) is 1. The second kappa shape index (κ2) is 2.70. The normalized spacial score (nSPS) is 40.5. The Bertz CT molecular complexity index is 242. The summed E-state index contributed by atoms with van der Waals surface area (Å²) in [5, 5.41) is 3.43. The molecule has 0 aromatic rings. The fraction of sp³-hybridized carbons (Fsp3) is 0.700. The number of hydrogen-bond donors (Lipinski definition) is 1. The van der Waals surface area contributed by atoms with Crippen molar-refractivity contribution in [1.29, 1.82) is 0 Å². The van der Waals surface area contributed by atoms with E-state index in [1.54, 1.807) is 0 Å². The molecule has 1 saturated heterocycles. The van der Waals surface area contributed by atoms with Crippen LogP contribution in [-0.4, -0.2) is 25.3 Å². The lowest BCUT2D eigenvalue weighted by Gasteiger charge is -2.39. The first-order valence-electron chi connectivity index (χ1n) is 4.64. The molecule has 0 aromatic heterocycles. The first-order valence-corrected chi connectivity index (χ1v) is 4.64. The lowest BCUT2D eigenvalue weighted by molar-refractivity contribution is 0.257. The maximum Gasteiger partial charge on any atom is 0.0612 e. The molecule has 2 nitrogen and oxygen atoms in total. The largest absolute Gasteiger partial charge is 0.316 e. The number of dihydropyridines is 1. The van der Waals surface area contributed by atoms with E-state index in [1.807, 2.05) is 6.21 Å². The molecule has 0 aromatic carbocycles. The molecular weight excluding hydrogens is 148 g/mol. The zero-order valence-electron chi connectivity index (χ0n) is 7.80. The molecule has 0 saturated carbocycles. The Labute approximate surface area is 73.8 Å². The second-order valence-electron chi connectivity index (χ2n) is 4.15. The lowest BCUT2D eigenvalue weighted by atomic mass is 9.76. The Hall–Kier alpha value is -0.630. The number of piperidine rings is 1. The van der Waals surface area contributed by atoms with Crippen molar-refractivity contribution in [2.45, 2.75) is 26.3 Å². The van der Waals surface area contributed by atoms with Gasteiger partial charge in [-0.05, 0) is 25.5 Å². The second-order valence-corrected chi connectivity index (χ2v) is 4.15. The molecule has 2 atom stereocenters. The summed E-state index contributed by atoms with van der Waals surface area (Å²) < 4.78 is 0. The van der Waals surface area contributed by atoms with Crippen LogP contribution < -0.4 is 5.32 Å². The number of fused-ring (bicyclic) bond motifs is 1. The van der Waals surface area contributed by atoms with Gasteiger partial charge in [0.15, 0.2) is 0 Å². The maximum absolute atomic E-state index is 4.57. The van der Waals surface area contributed by atoms with E-state index in [2.05, 4.69) is 30.2 Å². The molecule has 2 aliphatic rings. The Morgan fingerprint density at radius 1 is 1.67 bits per heavy atom. The highest BCUT2D eigenvalue weighted by Gasteiger charge is 2.35. The molecule has 2 heterocycles. The third-order valence-corrected chi connectivity index (χ3v) is 2.88.